The van der Waals surface area contributed by atoms with Crippen LogP contribution in [-0.4, -0.2) is 75.7 Å². The summed E-state index contributed by atoms with van der Waals surface area (Å²) >= 11 is 0. The maximum Gasteiger partial charge on any atom is 0.312 e. The standard InChI is InChI=1S/C33H46N2O6/c1-6-9-10-14-21-40-31(39)27-26-29(37)35(25(22-36)24-16-12-11-13-17-24)28(33(26)19-18-32(27,5)41-33)30(38)34(20-8-3)23(4)15-7-2/h6,8,11-13,16-17,23,25-28,36H,1,3,7,9-10,14-15,18-22H2,2,4-5H3/t23?,25-,26+,27-,28?,32+,33?/m1/s1. The van der Waals surface area contributed by atoms with Crippen LogP contribution in [0.4, 0.5) is 0 Å². The van der Waals surface area contributed by atoms with Crippen molar-refractivity contribution < 1.29 is 29.0 Å². The highest BCUT2D eigenvalue weighted by Gasteiger charge is 2.79. The number of ether oxygens (including phenoxy) is 2. The molecular weight excluding hydrogens is 520 g/mol. The number of rotatable bonds is 15. The highest BCUT2D eigenvalue weighted by Crippen LogP contribution is 2.64. The minimum atomic E-state index is -1.19. The van der Waals surface area contributed by atoms with Crippen molar-refractivity contribution in [3.8, 4) is 0 Å². The van der Waals surface area contributed by atoms with E-state index in [0.29, 0.717) is 25.8 Å². The summed E-state index contributed by atoms with van der Waals surface area (Å²) in [4.78, 5) is 46.1. The van der Waals surface area contributed by atoms with E-state index in [1.54, 1.807) is 11.0 Å². The van der Waals surface area contributed by atoms with Crippen molar-refractivity contribution in [1.82, 2.24) is 9.80 Å². The molecule has 224 valence electrons. The van der Waals surface area contributed by atoms with Gasteiger partial charge >= 0.3 is 5.97 Å². The average Bonchev–Trinajstić information content (AvgIpc) is 3.53. The van der Waals surface area contributed by atoms with E-state index in [2.05, 4.69) is 20.1 Å². The van der Waals surface area contributed by atoms with Crippen molar-refractivity contribution >= 4 is 17.8 Å². The molecule has 3 aliphatic heterocycles. The summed E-state index contributed by atoms with van der Waals surface area (Å²) in [7, 11) is 0. The zero-order valence-corrected chi connectivity index (χ0v) is 24.8. The van der Waals surface area contributed by atoms with Crippen LogP contribution in [0.15, 0.2) is 55.6 Å². The molecule has 8 nitrogen and oxygen atoms in total. The smallest absolute Gasteiger partial charge is 0.312 e. The Morgan fingerprint density at radius 1 is 1.22 bits per heavy atom. The fourth-order valence-corrected chi connectivity index (χ4v) is 7.38. The highest BCUT2D eigenvalue weighted by atomic mass is 16.6. The summed E-state index contributed by atoms with van der Waals surface area (Å²) in [5, 5.41) is 10.7. The number of fused-ring (bicyclic) bond motifs is 1. The Morgan fingerprint density at radius 3 is 2.59 bits per heavy atom. The van der Waals surface area contributed by atoms with E-state index in [4.69, 9.17) is 9.47 Å². The number of unbranched alkanes of at least 4 members (excludes halogenated alkanes) is 2. The molecule has 1 aromatic carbocycles. The monoisotopic (exact) mass is 566 g/mol. The number of benzene rings is 1. The van der Waals surface area contributed by atoms with Crippen molar-refractivity contribution in [3.05, 3.63) is 61.2 Å². The molecule has 3 heterocycles. The van der Waals surface area contributed by atoms with Gasteiger partial charge in [-0.1, -0.05) is 55.8 Å². The number of carbonyl (C=O) groups is 3. The maximum absolute atomic E-state index is 14.6. The summed E-state index contributed by atoms with van der Waals surface area (Å²) in [5.74, 6) is -2.74. The van der Waals surface area contributed by atoms with Crippen LogP contribution in [0.2, 0.25) is 0 Å². The van der Waals surface area contributed by atoms with Gasteiger partial charge in [-0.3, -0.25) is 14.4 Å². The van der Waals surface area contributed by atoms with Crippen molar-refractivity contribution in [2.45, 2.75) is 95.0 Å². The molecule has 0 radical (unpaired) electrons. The highest BCUT2D eigenvalue weighted by molar-refractivity contribution is 5.99. The first kappa shape index (κ1) is 31.0. The van der Waals surface area contributed by atoms with Gasteiger partial charge in [-0.25, -0.2) is 0 Å². The molecule has 0 aromatic heterocycles. The van der Waals surface area contributed by atoms with Gasteiger partial charge in [0.1, 0.15) is 17.6 Å². The molecule has 1 spiro atoms. The van der Waals surface area contributed by atoms with Gasteiger partial charge in [0.05, 0.1) is 30.8 Å². The molecule has 41 heavy (non-hydrogen) atoms. The minimum absolute atomic E-state index is 0.0901. The number of likely N-dealkylation sites (tertiary alicyclic amines) is 1. The SMILES string of the molecule is C=CCCCCOC(=O)[C@H]1[C@H]2C(=O)N([C@H](CO)c3ccccc3)C(C(=O)N(CC=C)C(C)CCC)C23CC[C@]1(C)O3. The molecule has 4 rings (SSSR count). The van der Waals surface area contributed by atoms with Crippen LogP contribution in [0, 0.1) is 11.8 Å². The predicted molar refractivity (Wildman–Crippen MR) is 157 cm³/mol. The maximum atomic E-state index is 14.6. The van der Waals surface area contributed by atoms with E-state index in [0.717, 1.165) is 31.2 Å². The van der Waals surface area contributed by atoms with E-state index in [-0.39, 0.29) is 31.1 Å². The number of amides is 2. The average molecular weight is 567 g/mol. The van der Waals surface area contributed by atoms with Gasteiger partial charge in [0.2, 0.25) is 11.8 Å². The Bertz CT molecular complexity index is 1120. The number of hydrogen-bond acceptors (Lipinski definition) is 6. The van der Waals surface area contributed by atoms with E-state index in [1.165, 1.54) is 4.90 Å². The molecular formula is C33H46N2O6. The molecule has 0 aliphatic carbocycles. The zero-order valence-electron chi connectivity index (χ0n) is 24.8. The molecule has 7 atom stereocenters. The van der Waals surface area contributed by atoms with Crippen molar-refractivity contribution in [3.63, 3.8) is 0 Å². The summed E-state index contributed by atoms with van der Waals surface area (Å²) in [6, 6.07) is 7.39. The van der Waals surface area contributed by atoms with Crippen LogP contribution < -0.4 is 0 Å². The number of carbonyl (C=O) groups excluding carboxylic acids is 3. The first-order chi connectivity index (χ1) is 19.7. The van der Waals surface area contributed by atoms with Crippen LogP contribution in [0.1, 0.15) is 77.3 Å². The predicted octanol–water partition coefficient (Wildman–Crippen LogP) is 4.59. The van der Waals surface area contributed by atoms with Crippen LogP contribution >= 0.6 is 0 Å². The van der Waals surface area contributed by atoms with Gasteiger partial charge in [0.25, 0.3) is 0 Å². The summed E-state index contributed by atoms with van der Waals surface area (Å²) < 4.78 is 12.5. The van der Waals surface area contributed by atoms with Crippen molar-refractivity contribution in [2.75, 3.05) is 19.8 Å². The fourth-order valence-electron chi connectivity index (χ4n) is 7.38. The Kier molecular flexibility index (Phi) is 9.75. The minimum Gasteiger partial charge on any atom is -0.465 e. The summed E-state index contributed by atoms with van der Waals surface area (Å²) in [6.45, 7) is 13.8. The molecule has 1 aromatic rings. The molecule has 1 N–H and O–H groups in total. The van der Waals surface area contributed by atoms with Crippen molar-refractivity contribution in [2.24, 2.45) is 11.8 Å². The molecule has 3 unspecified atom stereocenters. The van der Waals surface area contributed by atoms with Crippen LogP contribution in [0.5, 0.6) is 0 Å². The zero-order chi connectivity index (χ0) is 29.8. The Hall–Kier alpha value is -2.97. The third kappa shape index (κ3) is 5.48. The van der Waals surface area contributed by atoms with Gasteiger partial charge in [0.15, 0.2) is 0 Å². The quantitative estimate of drug-likeness (QED) is 0.190. The van der Waals surface area contributed by atoms with Gasteiger partial charge in [-0.05, 0) is 57.9 Å². The molecule has 3 fully saturated rings. The number of allylic oxidation sites excluding steroid dienone is 1. The van der Waals surface area contributed by atoms with E-state index >= 15 is 0 Å². The largest absolute Gasteiger partial charge is 0.465 e. The van der Waals surface area contributed by atoms with E-state index in [1.807, 2.05) is 50.3 Å². The van der Waals surface area contributed by atoms with Gasteiger partial charge in [-0.15, -0.1) is 13.2 Å². The number of aliphatic hydroxyl groups excluding tert-OH is 1. The molecule has 8 heteroatoms. The first-order valence-electron chi connectivity index (χ1n) is 15.1. The Balaban J connectivity index is 1.77. The van der Waals surface area contributed by atoms with Crippen LogP contribution in [-0.2, 0) is 23.9 Å². The molecule has 2 amide bonds. The van der Waals surface area contributed by atoms with E-state index < -0.39 is 41.1 Å². The second kappa shape index (κ2) is 12.9. The van der Waals surface area contributed by atoms with Crippen LogP contribution in [0.3, 0.4) is 0 Å². The van der Waals surface area contributed by atoms with Crippen LogP contribution in [0.25, 0.3) is 0 Å². The number of hydrogen-bond donors (Lipinski definition) is 1. The van der Waals surface area contributed by atoms with E-state index in [9.17, 15) is 19.5 Å². The molecule has 3 saturated heterocycles. The third-order valence-corrected chi connectivity index (χ3v) is 9.29. The number of esters is 1. The van der Waals surface area contributed by atoms with Crippen molar-refractivity contribution in [1.29, 1.82) is 0 Å². The normalized spacial score (nSPS) is 29.6. The summed E-state index contributed by atoms with van der Waals surface area (Å²) in [5.41, 5.74) is -1.39. The first-order valence-corrected chi connectivity index (χ1v) is 15.1. The Morgan fingerprint density at radius 2 is 1.95 bits per heavy atom. The van der Waals surface area contributed by atoms with Gasteiger partial charge < -0.3 is 24.4 Å². The lowest BCUT2D eigenvalue weighted by molar-refractivity contribution is -0.162. The molecule has 2 bridgehead atoms. The molecule has 3 aliphatic rings. The lowest BCUT2D eigenvalue weighted by Crippen LogP contribution is -2.58. The lowest BCUT2D eigenvalue weighted by Gasteiger charge is -2.41. The van der Waals surface area contributed by atoms with Gasteiger partial charge in [-0.2, -0.15) is 0 Å². The second-order valence-electron chi connectivity index (χ2n) is 12.0. The number of aliphatic hydroxyl groups is 1. The van der Waals surface area contributed by atoms with Gasteiger partial charge in [0, 0.05) is 12.6 Å². The topological polar surface area (TPSA) is 96.4 Å². The third-order valence-electron chi connectivity index (χ3n) is 9.29. The second-order valence-corrected chi connectivity index (χ2v) is 12.0. The summed E-state index contributed by atoms with van der Waals surface area (Å²) in [6.07, 6.45) is 8.60. The number of nitrogens with zero attached hydrogens (tertiary/aromatic N) is 2. The lowest BCUT2D eigenvalue weighted by atomic mass is 9.66. The molecule has 0 saturated carbocycles. The Labute approximate surface area is 244 Å². The fraction of sp³-hybridized carbons (Fsp3) is 0.606.